The second kappa shape index (κ2) is 5.54. The molecule has 0 aliphatic rings. The number of aromatic nitrogens is 3. The zero-order chi connectivity index (χ0) is 14.9. The summed E-state index contributed by atoms with van der Waals surface area (Å²) in [4.78, 5) is 8.52. The molecule has 108 valence electrons. The maximum absolute atomic E-state index is 11.4. The highest BCUT2D eigenvalue weighted by Crippen LogP contribution is 2.20. The van der Waals surface area contributed by atoms with Crippen molar-refractivity contribution in [2.75, 3.05) is 0 Å². The van der Waals surface area contributed by atoms with E-state index in [1.807, 2.05) is 39.0 Å². The first-order valence-corrected chi connectivity index (χ1v) is 8.52. The fourth-order valence-electron chi connectivity index (χ4n) is 1.97. The van der Waals surface area contributed by atoms with Crippen LogP contribution < -0.4 is 0 Å². The third kappa shape index (κ3) is 3.37. The zero-order valence-corrected chi connectivity index (χ0v) is 13.1. The van der Waals surface area contributed by atoms with Gasteiger partial charge in [0.05, 0.1) is 12.2 Å². The molecule has 0 fully saturated rings. The molecule has 2 aromatic heterocycles. The maximum Gasteiger partial charge on any atom is 0.280 e. The Morgan fingerprint density at radius 1 is 1.30 bits per heavy atom. The van der Waals surface area contributed by atoms with Crippen LogP contribution in [0.3, 0.4) is 0 Å². The number of pyridine rings is 1. The second-order valence-electron chi connectivity index (χ2n) is 4.93. The SMILES string of the molecule is Cc1cccc(Cn2cc(S(=O)(=O)Cl)nc2C(C)C)n1. The Kier molecular flexibility index (Phi) is 4.15. The molecular weight excluding hydrogens is 298 g/mol. The van der Waals surface area contributed by atoms with Crippen LogP contribution in [0.5, 0.6) is 0 Å². The Labute approximate surface area is 123 Å². The monoisotopic (exact) mass is 313 g/mol. The third-order valence-corrected chi connectivity index (χ3v) is 4.00. The van der Waals surface area contributed by atoms with Gasteiger partial charge in [-0.25, -0.2) is 13.4 Å². The van der Waals surface area contributed by atoms with Crippen LogP contribution in [0, 0.1) is 6.92 Å². The minimum atomic E-state index is -3.82. The van der Waals surface area contributed by atoms with Gasteiger partial charge < -0.3 is 4.57 Å². The summed E-state index contributed by atoms with van der Waals surface area (Å²) < 4.78 is 24.6. The topological polar surface area (TPSA) is 64.8 Å². The van der Waals surface area contributed by atoms with Crippen LogP contribution >= 0.6 is 10.7 Å². The molecule has 0 spiro atoms. The predicted octanol–water partition coefficient (Wildman–Crippen LogP) is 2.69. The number of imidazole rings is 1. The van der Waals surface area contributed by atoms with Crippen LogP contribution in [0.25, 0.3) is 0 Å². The molecule has 20 heavy (non-hydrogen) atoms. The molecule has 7 heteroatoms. The van der Waals surface area contributed by atoms with Crippen LogP contribution in [-0.4, -0.2) is 23.0 Å². The zero-order valence-electron chi connectivity index (χ0n) is 11.5. The Balaban J connectivity index is 2.43. The standard InChI is InChI=1S/C13H16ClN3O2S/c1-9(2)13-16-12(20(14,18)19)8-17(13)7-11-6-4-5-10(3)15-11/h4-6,8-9H,7H2,1-3H3. The van der Waals surface area contributed by atoms with E-state index in [1.165, 1.54) is 6.20 Å². The van der Waals surface area contributed by atoms with E-state index in [0.717, 1.165) is 11.4 Å². The molecule has 0 saturated heterocycles. The summed E-state index contributed by atoms with van der Waals surface area (Å²) in [5.74, 6) is 0.763. The molecule has 0 bridgehead atoms. The highest BCUT2D eigenvalue weighted by atomic mass is 35.7. The molecule has 0 unspecified atom stereocenters. The first-order chi connectivity index (χ1) is 9.27. The van der Waals surface area contributed by atoms with E-state index in [9.17, 15) is 8.42 Å². The Morgan fingerprint density at radius 3 is 2.55 bits per heavy atom. The molecule has 0 radical (unpaired) electrons. The fraction of sp³-hybridized carbons (Fsp3) is 0.385. The maximum atomic E-state index is 11.4. The van der Waals surface area contributed by atoms with Crippen LogP contribution in [0.4, 0.5) is 0 Å². The lowest BCUT2D eigenvalue weighted by Gasteiger charge is -2.09. The van der Waals surface area contributed by atoms with Crippen molar-refractivity contribution in [3.63, 3.8) is 0 Å². The number of nitrogens with zero attached hydrogens (tertiary/aromatic N) is 3. The largest absolute Gasteiger partial charge is 0.327 e. The van der Waals surface area contributed by atoms with E-state index >= 15 is 0 Å². The van der Waals surface area contributed by atoms with E-state index in [4.69, 9.17) is 10.7 Å². The van der Waals surface area contributed by atoms with Gasteiger partial charge in [0.15, 0.2) is 5.03 Å². The lowest BCUT2D eigenvalue weighted by atomic mass is 10.2. The van der Waals surface area contributed by atoms with Gasteiger partial charge in [0.25, 0.3) is 9.05 Å². The molecule has 0 aromatic carbocycles. The number of halogens is 1. The Morgan fingerprint density at radius 2 is 2.00 bits per heavy atom. The van der Waals surface area contributed by atoms with Crippen LogP contribution in [0.15, 0.2) is 29.4 Å². The van der Waals surface area contributed by atoms with E-state index in [2.05, 4.69) is 9.97 Å². The molecule has 0 amide bonds. The van der Waals surface area contributed by atoms with Crippen molar-refractivity contribution in [3.05, 3.63) is 41.6 Å². The van der Waals surface area contributed by atoms with Gasteiger partial charge in [-0.15, -0.1) is 0 Å². The second-order valence-corrected chi connectivity index (χ2v) is 7.44. The average molecular weight is 314 g/mol. The van der Waals surface area contributed by atoms with E-state index in [-0.39, 0.29) is 10.9 Å². The van der Waals surface area contributed by atoms with Crippen molar-refractivity contribution >= 4 is 19.7 Å². The molecule has 0 saturated carbocycles. The first-order valence-electron chi connectivity index (χ1n) is 6.21. The lowest BCUT2D eigenvalue weighted by molar-refractivity contribution is 0.606. The molecular formula is C13H16ClN3O2S. The van der Waals surface area contributed by atoms with Crippen molar-refractivity contribution in [1.29, 1.82) is 0 Å². The van der Waals surface area contributed by atoms with Crippen molar-refractivity contribution in [2.24, 2.45) is 0 Å². The average Bonchev–Trinajstić information content (AvgIpc) is 2.72. The highest BCUT2D eigenvalue weighted by Gasteiger charge is 2.19. The molecule has 0 aliphatic heterocycles. The minimum Gasteiger partial charge on any atom is -0.327 e. The van der Waals surface area contributed by atoms with Crippen molar-refractivity contribution < 1.29 is 8.42 Å². The van der Waals surface area contributed by atoms with E-state index in [0.29, 0.717) is 12.4 Å². The number of aryl methyl sites for hydroxylation is 1. The van der Waals surface area contributed by atoms with Crippen LogP contribution in [0.2, 0.25) is 0 Å². The van der Waals surface area contributed by atoms with Crippen molar-refractivity contribution in [2.45, 2.75) is 38.3 Å². The number of hydrogen-bond donors (Lipinski definition) is 0. The molecule has 0 aliphatic carbocycles. The van der Waals surface area contributed by atoms with Gasteiger partial charge in [-0.3, -0.25) is 4.98 Å². The summed E-state index contributed by atoms with van der Waals surface area (Å²) in [5.41, 5.74) is 1.77. The summed E-state index contributed by atoms with van der Waals surface area (Å²) in [5, 5.41) is -0.115. The number of rotatable bonds is 4. The van der Waals surface area contributed by atoms with Gasteiger partial charge in [0, 0.05) is 28.5 Å². The molecule has 2 rings (SSSR count). The van der Waals surface area contributed by atoms with Gasteiger partial charge >= 0.3 is 0 Å². The fourth-order valence-corrected chi connectivity index (χ4v) is 2.65. The summed E-state index contributed by atoms with van der Waals surface area (Å²) in [6.07, 6.45) is 1.46. The molecule has 0 N–H and O–H groups in total. The Hall–Kier alpha value is -1.40. The van der Waals surface area contributed by atoms with Gasteiger partial charge in [-0.05, 0) is 19.1 Å². The normalized spacial score (nSPS) is 12.1. The smallest absolute Gasteiger partial charge is 0.280 e. The summed E-state index contributed by atoms with van der Waals surface area (Å²) in [6.45, 7) is 6.28. The predicted molar refractivity (Wildman–Crippen MR) is 77.4 cm³/mol. The lowest BCUT2D eigenvalue weighted by Crippen LogP contribution is -2.07. The quantitative estimate of drug-likeness (QED) is 0.814. The van der Waals surface area contributed by atoms with Gasteiger partial charge in [0.2, 0.25) is 0 Å². The first kappa shape index (κ1) is 15.0. The minimum absolute atomic E-state index is 0.0898. The van der Waals surface area contributed by atoms with Crippen molar-refractivity contribution in [1.82, 2.24) is 14.5 Å². The summed E-state index contributed by atoms with van der Waals surface area (Å²) in [6, 6.07) is 5.73. The number of hydrogen-bond acceptors (Lipinski definition) is 4. The molecule has 5 nitrogen and oxygen atoms in total. The van der Waals surface area contributed by atoms with Gasteiger partial charge in [-0.2, -0.15) is 0 Å². The Bertz CT molecular complexity index is 723. The molecule has 0 atom stereocenters. The van der Waals surface area contributed by atoms with E-state index < -0.39 is 9.05 Å². The molecule has 2 heterocycles. The van der Waals surface area contributed by atoms with Gasteiger partial charge in [-0.1, -0.05) is 19.9 Å². The third-order valence-electron chi connectivity index (χ3n) is 2.83. The summed E-state index contributed by atoms with van der Waals surface area (Å²) in [7, 11) is 1.54. The van der Waals surface area contributed by atoms with Crippen LogP contribution in [-0.2, 0) is 15.6 Å². The summed E-state index contributed by atoms with van der Waals surface area (Å²) >= 11 is 0. The van der Waals surface area contributed by atoms with Crippen LogP contribution in [0.1, 0.15) is 37.0 Å². The highest BCUT2D eigenvalue weighted by molar-refractivity contribution is 8.13. The van der Waals surface area contributed by atoms with E-state index in [1.54, 1.807) is 4.57 Å². The van der Waals surface area contributed by atoms with Crippen molar-refractivity contribution in [3.8, 4) is 0 Å². The molecule has 2 aromatic rings. The van der Waals surface area contributed by atoms with Gasteiger partial charge in [0.1, 0.15) is 5.82 Å².